The van der Waals surface area contributed by atoms with Gasteiger partial charge in [-0.05, 0) is 56.7 Å². The Hall–Kier alpha value is -3.75. The summed E-state index contributed by atoms with van der Waals surface area (Å²) in [5.41, 5.74) is 1.34. The van der Waals surface area contributed by atoms with Crippen LogP contribution in [-0.4, -0.2) is 44.3 Å². The third kappa shape index (κ3) is 8.72. The number of anilines is 1. The Bertz CT molecular complexity index is 967. The van der Waals surface area contributed by atoms with E-state index in [9.17, 15) is 14.4 Å². The Morgan fingerprint density at radius 1 is 0.879 bits per heavy atom. The zero-order valence-electron chi connectivity index (χ0n) is 19.6. The first-order valence-corrected chi connectivity index (χ1v) is 10.5. The number of benzene rings is 2. The van der Waals surface area contributed by atoms with Crippen molar-refractivity contribution in [3.05, 3.63) is 53.6 Å². The minimum absolute atomic E-state index is 0.138. The molecule has 0 saturated heterocycles. The van der Waals surface area contributed by atoms with Gasteiger partial charge < -0.3 is 30.2 Å². The fraction of sp³-hybridized carbons (Fsp3) is 0.375. The fourth-order valence-electron chi connectivity index (χ4n) is 2.77. The molecular weight excluding hydrogens is 426 g/mol. The predicted octanol–water partition coefficient (Wildman–Crippen LogP) is 3.49. The number of carbonyl (C=O) groups excluding carboxylic acids is 3. The molecule has 0 atom stereocenters. The number of hydrogen-bond acceptors (Lipinski definition) is 6. The molecule has 178 valence electrons. The fourth-order valence-corrected chi connectivity index (χ4v) is 2.77. The van der Waals surface area contributed by atoms with Crippen LogP contribution in [0.15, 0.2) is 42.5 Å². The predicted molar refractivity (Wildman–Crippen MR) is 125 cm³/mol. The Morgan fingerprint density at radius 3 is 2.15 bits per heavy atom. The molecule has 0 aliphatic heterocycles. The topological polar surface area (TPSA) is 115 Å². The molecule has 9 nitrogen and oxygen atoms in total. The van der Waals surface area contributed by atoms with E-state index in [1.807, 2.05) is 12.1 Å². The molecule has 3 amide bonds. The summed E-state index contributed by atoms with van der Waals surface area (Å²) >= 11 is 0. The van der Waals surface area contributed by atoms with Gasteiger partial charge in [0.15, 0.2) is 11.5 Å². The zero-order chi connectivity index (χ0) is 24.4. The summed E-state index contributed by atoms with van der Waals surface area (Å²) < 4.78 is 15.5. The van der Waals surface area contributed by atoms with Crippen LogP contribution < -0.4 is 25.4 Å². The van der Waals surface area contributed by atoms with Gasteiger partial charge in [-0.25, -0.2) is 4.79 Å². The van der Waals surface area contributed by atoms with Crippen LogP contribution >= 0.6 is 0 Å². The molecule has 9 heteroatoms. The van der Waals surface area contributed by atoms with Crippen molar-refractivity contribution in [3.63, 3.8) is 0 Å². The maximum absolute atomic E-state index is 12.5. The van der Waals surface area contributed by atoms with Crippen LogP contribution in [0.3, 0.4) is 0 Å². The van der Waals surface area contributed by atoms with Gasteiger partial charge in [0.2, 0.25) is 5.91 Å². The van der Waals surface area contributed by atoms with Crippen molar-refractivity contribution in [1.82, 2.24) is 10.6 Å². The van der Waals surface area contributed by atoms with Crippen LogP contribution in [0.5, 0.6) is 11.5 Å². The van der Waals surface area contributed by atoms with E-state index in [0.29, 0.717) is 29.3 Å². The highest BCUT2D eigenvalue weighted by molar-refractivity contribution is 6.04. The summed E-state index contributed by atoms with van der Waals surface area (Å²) in [5.74, 6) is 0.532. The minimum atomic E-state index is -0.584. The second-order valence-corrected chi connectivity index (χ2v) is 8.18. The van der Waals surface area contributed by atoms with Gasteiger partial charge in [-0.1, -0.05) is 12.1 Å². The van der Waals surface area contributed by atoms with E-state index < -0.39 is 11.7 Å². The molecule has 0 heterocycles. The van der Waals surface area contributed by atoms with Crippen molar-refractivity contribution in [2.45, 2.75) is 39.3 Å². The van der Waals surface area contributed by atoms with E-state index in [1.165, 1.54) is 14.2 Å². The van der Waals surface area contributed by atoms with Crippen LogP contribution in [0.1, 0.15) is 43.1 Å². The number of nitrogens with one attached hydrogen (secondary N) is 3. The monoisotopic (exact) mass is 457 g/mol. The largest absolute Gasteiger partial charge is 0.493 e. The van der Waals surface area contributed by atoms with Gasteiger partial charge in [0, 0.05) is 30.8 Å². The molecule has 0 aromatic heterocycles. The first-order valence-electron chi connectivity index (χ1n) is 10.5. The van der Waals surface area contributed by atoms with Crippen molar-refractivity contribution < 1.29 is 28.6 Å². The van der Waals surface area contributed by atoms with Gasteiger partial charge in [-0.3, -0.25) is 9.59 Å². The highest BCUT2D eigenvalue weighted by Crippen LogP contribution is 2.27. The Kier molecular flexibility index (Phi) is 9.08. The van der Waals surface area contributed by atoms with Crippen LogP contribution in [0, 0.1) is 0 Å². The number of hydrogen-bond donors (Lipinski definition) is 3. The van der Waals surface area contributed by atoms with Crippen LogP contribution in [0.25, 0.3) is 0 Å². The maximum atomic E-state index is 12.5. The van der Waals surface area contributed by atoms with Gasteiger partial charge >= 0.3 is 6.09 Å². The molecule has 2 aromatic carbocycles. The number of carbonyl (C=O) groups is 3. The average molecular weight is 458 g/mol. The first kappa shape index (κ1) is 25.5. The van der Waals surface area contributed by atoms with Gasteiger partial charge in [0.25, 0.3) is 5.91 Å². The van der Waals surface area contributed by atoms with Gasteiger partial charge in [-0.15, -0.1) is 0 Å². The molecule has 0 fully saturated rings. The first-order chi connectivity index (χ1) is 15.6. The standard InChI is InChI=1S/C24H31N3O6/c1-24(2,3)33-23(30)25-13-12-21(28)26-15-16-6-9-18(10-7-16)27-22(29)17-8-11-19(31-4)20(14-17)32-5/h6-11,14H,12-13,15H2,1-5H3,(H,25,30)(H,26,28)(H,27,29). The van der Waals surface area contributed by atoms with Gasteiger partial charge in [0.1, 0.15) is 5.60 Å². The third-order valence-corrected chi connectivity index (χ3v) is 4.37. The molecule has 3 N–H and O–H groups in total. The number of methoxy groups -OCH3 is 2. The lowest BCUT2D eigenvalue weighted by atomic mass is 10.1. The normalized spacial score (nSPS) is 10.7. The van der Waals surface area contributed by atoms with Crippen molar-refractivity contribution in [3.8, 4) is 11.5 Å². The maximum Gasteiger partial charge on any atom is 0.407 e. The lowest BCUT2D eigenvalue weighted by Gasteiger charge is -2.19. The smallest absolute Gasteiger partial charge is 0.407 e. The van der Waals surface area contributed by atoms with Crippen molar-refractivity contribution in [2.24, 2.45) is 0 Å². The van der Waals surface area contributed by atoms with Crippen LogP contribution in [-0.2, 0) is 16.1 Å². The number of rotatable bonds is 9. The molecule has 33 heavy (non-hydrogen) atoms. The zero-order valence-corrected chi connectivity index (χ0v) is 19.6. The van der Waals surface area contributed by atoms with Crippen molar-refractivity contribution in [2.75, 3.05) is 26.1 Å². The molecule has 2 aromatic rings. The van der Waals surface area contributed by atoms with Crippen molar-refractivity contribution in [1.29, 1.82) is 0 Å². The van der Waals surface area contributed by atoms with Crippen LogP contribution in [0.4, 0.5) is 10.5 Å². The van der Waals surface area contributed by atoms with E-state index in [4.69, 9.17) is 14.2 Å². The summed E-state index contributed by atoms with van der Waals surface area (Å²) in [6.07, 6.45) is -0.417. The Labute approximate surface area is 193 Å². The van der Waals surface area contributed by atoms with E-state index in [1.54, 1.807) is 51.1 Å². The molecule has 2 rings (SSSR count). The van der Waals surface area contributed by atoms with E-state index >= 15 is 0 Å². The van der Waals surface area contributed by atoms with Gasteiger partial charge in [-0.2, -0.15) is 0 Å². The second kappa shape index (κ2) is 11.8. The molecule has 0 radical (unpaired) electrons. The SMILES string of the molecule is COc1ccc(C(=O)Nc2ccc(CNC(=O)CCNC(=O)OC(C)(C)C)cc2)cc1OC. The Morgan fingerprint density at radius 2 is 1.55 bits per heavy atom. The molecule has 0 aliphatic carbocycles. The highest BCUT2D eigenvalue weighted by atomic mass is 16.6. The van der Waals surface area contributed by atoms with Crippen LogP contribution in [0.2, 0.25) is 0 Å². The van der Waals surface area contributed by atoms with Crippen molar-refractivity contribution >= 4 is 23.6 Å². The summed E-state index contributed by atoms with van der Waals surface area (Å²) in [5, 5.41) is 8.15. The molecule has 0 spiro atoms. The molecule has 0 bridgehead atoms. The van der Waals surface area contributed by atoms with E-state index in [-0.39, 0.29) is 24.8 Å². The third-order valence-electron chi connectivity index (χ3n) is 4.37. The Balaban J connectivity index is 1.79. The summed E-state index contributed by atoms with van der Waals surface area (Å²) in [6, 6.07) is 12.1. The number of ether oxygens (including phenoxy) is 3. The summed E-state index contributed by atoms with van der Waals surface area (Å²) in [4.78, 5) is 36.0. The molecule has 0 aliphatic rings. The lowest BCUT2D eigenvalue weighted by Crippen LogP contribution is -2.35. The average Bonchev–Trinajstić information content (AvgIpc) is 2.76. The molecule has 0 saturated carbocycles. The summed E-state index contributed by atoms with van der Waals surface area (Å²) in [7, 11) is 3.04. The number of alkyl carbamates (subject to hydrolysis) is 1. The molecular formula is C24H31N3O6. The highest BCUT2D eigenvalue weighted by Gasteiger charge is 2.16. The van der Waals surface area contributed by atoms with E-state index in [0.717, 1.165) is 5.56 Å². The number of amides is 3. The molecule has 0 unspecified atom stereocenters. The van der Waals surface area contributed by atoms with Gasteiger partial charge in [0.05, 0.1) is 14.2 Å². The second-order valence-electron chi connectivity index (χ2n) is 8.18. The quantitative estimate of drug-likeness (QED) is 0.531. The minimum Gasteiger partial charge on any atom is -0.493 e. The summed E-state index contributed by atoms with van der Waals surface area (Å²) in [6.45, 7) is 5.82. The lowest BCUT2D eigenvalue weighted by molar-refractivity contribution is -0.121. The van der Waals surface area contributed by atoms with E-state index in [2.05, 4.69) is 16.0 Å².